The summed E-state index contributed by atoms with van der Waals surface area (Å²) in [6, 6.07) is 5.39. The van der Waals surface area contributed by atoms with Crippen molar-refractivity contribution in [3.05, 3.63) is 18.2 Å². The number of ether oxygens (including phenoxy) is 2. The Morgan fingerprint density at radius 1 is 1.17 bits per heavy atom. The molecule has 3 aliphatic heterocycles. The third-order valence-electron chi connectivity index (χ3n) is 6.62. The molecular weight excluding hydrogens is 394 g/mol. The molecule has 29 heavy (non-hydrogen) atoms. The van der Waals surface area contributed by atoms with Gasteiger partial charge < -0.3 is 24.6 Å². The number of benzene rings is 1. The second-order valence-electron chi connectivity index (χ2n) is 8.20. The molecule has 0 radical (unpaired) electrons. The monoisotopic (exact) mass is 423 g/mol. The number of amides is 2. The number of carbonyl (C=O) groups is 2. The summed E-state index contributed by atoms with van der Waals surface area (Å²) in [4.78, 5) is 29.4. The van der Waals surface area contributed by atoms with Gasteiger partial charge in [0.25, 0.3) is 0 Å². The number of anilines is 1. The zero-order valence-corrected chi connectivity index (χ0v) is 17.9. The van der Waals surface area contributed by atoms with Gasteiger partial charge in [0.05, 0.1) is 25.8 Å². The fourth-order valence-electron chi connectivity index (χ4n) is 4.80. The summed E-state index contributed by atoms with van der Waals surface area (Å²) in [5.41, 5.74) is 1.07. The SMILES string of the molecule is COc1ccc(N2CC(C(=O)N3CCC4(CCNC4)CC3)CC2=O)c(OC)c1.Cl. The smallest absolute Gasteiger partial charge is 0.228 e. The van der Waals surface area contributed by atoms with Gasteiger partial charge in [0.2, 0.25) is 11.8 Å². The average molecular weight is 424 g/mol. The van der Waals surface area contributed by atoms with Crippen molar-refractivity contribution in [3.63, 3.8) is 0 Å². The molecule has 8 heteroatoms. The lowest BCUT2D eigenvalue weighted by Crippen LogP contribution is -2.46. The predicted octanol–water partition coefficient (Wildman–Crippen LogP) is 2.08. The molecule has 1 N–H and O–H groups in total. The zero-order valence-electron chi connectivity index (χ0n) is 17.1. The van der Waals surface area contributed by atoms with E-state index in [-0.39, 0.29) is 36.6 Å². The van der Waals surface area contributed by atoms with Crippen molar-refractivity contribution in [2.75, 3.05) is 51.8 Å². The van der Waals surface area contributed by atoms with Gasteiger partial charge in [-0.05, 0) is 43.4 Å². The van der Waals surface area contributed by atoms with Crippen LogP contribution in [0.25, 0.3) is 0 Å². The van der Waals surface area contributed by atoms with Gasteiger partial charge in [-0.2, -0.15) is 0 Å². The molecule has 3 fully saturated rings. The maximum atomic E-state index is 13.1. The molecule has 0 bridgehead atoms. The minimum Gasteiger partial charge on any atom is -0.497 e. The van der Waals surface area contributed by atoms with Crippen LogP contribution in [0.2, 0.25) is 0 Å². The van der Waals surface area contributed by atoms with Crippen molar-refractivity contribution in [1.29, 1.82) is 0 Å². The first-order valence-corrected chi connectivity index (χ1v) is 10.1. The van der Waals surface area contributed by atoms with E-state index in [4.69, 9.17) is 9.47 Å². The van der Waals surface area contributed by atoms with Crippen LogP contribution in [-0.2, 0) is 9.59 Å². The summed E-state index contributed by atoms with van der Waals surface area (Å²) in [5, 5.41) is 3.46. The Hall–Kier alpha value is -1.99. The number of rotatable bonds is 4. The Labute approximate surface area is 178 Å². The number of piperidine rings is 1. The van der Waals surface area contributed by atoms with E-state index >= 15 is 0 Å². The molecule has 1 atom stereocenters. The first-order valence-electron chi connectivity index (χ1n) is 10.1. The topological polar surface area (TPSA) is 71.1 Å². The molecule has 3 aliphatic rings. The van der Waals surface area contributed by atoms with Crippen LogP contribution in [0, 0.1) is 11.3 Å². The normalized spacial score (nSPS) is 23.2. The molecule has 0 aliphatic carbocycles. The number of methoxy groups -OCH3 is 2. The summed E-state index contributed by atoms with van der Waals surface area (Å²) in [7, 11) is 3.16. The van der Waals surface area contributed by atoms with E-state index in [9.17, 15) is 9.59 Å². The Bertz CT molecular complexity index is 756. The van der Waals surface area contributed by atoms with Gasteiger partial charge in [-0.15, -0.1) is 12.4 Å². The maximum Gasteiger partial charge on any atom is 0.228 e. The number of hydrogen-bond donors (Lipinski definition) is 1. The molecule has 2 amide bonds. The summed E-state index contributed by atoms with van der Waals surface area (Å²) in [6.45, 7) is 4.17. The number of nitrogens with zero attached hydrogens (tertiary/aromatic N) is 2. The highest BCUT2D eigenvalue weighted by atomic mass is 35.5. The predicted molar refractivity (Wildman–Crippen MR) is 113 cm³/mol. The summed E-state index contributed by atoms with van der Waals surface area (Å²) < 4.78 is 10.7. The quantitative estimate of drug-likeness (QED) is 0.802. The van der Waals surface area contributed by atoms with Gasteiger partial charge in [-0.3, -0.25) is 9.59 Å². The Morgan fingerprint density at radius 3 is 2.55 bits per heavy atom. The standard InChI is InChI=1S/C21H29N3O4.ClH/c1-27-16-3-4-17(18(12-16)28-2)24-13-15(11-19(24)25)20(26)23-9-6-21(7-10-23)5-8-22-14-21;/h3-4,12,15,22H,5-11,13-14H2,1-2H3;1H. The van der Waals surface area contributed by atoms with Crippen molar-refractivity contribution >= 4 is 29.9 Å². The number of carbonyl (C=O) groups excluding carboxylic acids is 2. The number of halogens is 1. The van der Waals surface area contributed by atoms with Crippen molar-refractivity contribution in [1.82, 2.24) is 10.2 Å². The minimum atomic E-state index is -0.282. The average Bonchev–Trinajstić information content (AvgIpc) is 3.34. The van der Waals surface area contributed by atoms with Gasteiger partial charge in [0.1, 0.15) is 11.5 Å². The van der Waals surface area contributed by atoms with Gasteiger partial charge in [0.15, 0.2) is 0 Å². The van der Waals surface area contributed by atoms with E-state index in [2.05, 4.69) is 5.32 Å². The highest BCUT2D eigenvalue weighted by Crippen LogP contribution is 2.39. The van der Waals surface area contributed by atoms with Crippen molar-refractivity contribution < 1.29 is 19.1 Å². The number of likely N-dealkylation sites (tertiary alicyclic amines) is 1. The second kappa shape index (κ2) is 8.79. The van der Waals surface area contributed by atoms with Crippen molar-refractivity contribution in [2.45, 2.75) is 25.7 Å². The van der Waals surface area contributed by atoms with E-state index in [1.54, 1.807) is 31.3 Å². The van der Waals surface area contributed by atoms with Crippen molar-refractivity contribution in [2.24, 2.45) is 11.3 Å². The van der Waals surface area contributed by atoms with Crippen LogP contribution in [0.1, 0.15) is 25.7 Å². The lowest BCUT2D eigenvalue weighted by atomic mass is 9.77. The third kappa shape index (κ3) is 4.16. The highest BCUT2D eigenvalue weighted by molar-refractivity contribution is 6.01. The summed E-state index contributed by atoms with van der Waals surface area (Å²) >= 11 is 0. The van der Waals surface area contributed by atoms with Crippen LogP contribution >= 0.6 is 12.4 Å². The molecular formula is C21H30ClN3O4. The third-order valence-corrected chi connectivity index (χ3v) is 6.62. The van der Waals surface area contributed by atoms with Crippen LogP contribution in [0.4, 0.5) is 5.69 Å². The molecule has 0 aromatic heterocycles. The lowest BCUT2D eigenvalue weighted by Gasteiger charge is -2.39. The zero-order chi connectivity index (χ0) is 19.7. The van der Waals surface area contributed by atoms with E-state index in [1.807, 2.05) is 11.0 Å². The van der Waals surface area contributed by atoms with Crippen LogP contribution in [-0.4, -0.2) is 63.7 Å². The minimum absolute atomic E-state index is 0. The van der Waals surface area contributed by atoms with E-state index in [1.165, 1.54) is 6.42 Å². The molecule has 3 saturated heterocycles. The number of nitrogens with one attached hydrogen (secondary N) is 1. The molecule has 1 unspecified atom stereocenters. The fraction of sp³-hybridized carbons (Fsp3) is 0.619. The van der Waals surface area contributed by atoms with Crippen LogP contribution < -0.4 is 19.7 Å². The van der Waals surface area contributed by atoms with E-state index < -0.39 is 0 Å². The summed E-state index contributed by atoms with van der Waals surface area (Å²) in [5.74, 6) is 1.05. The van der Waals surface area contributed by atoms with E-state index in [0.29, 0.717) is 29.1 Å². The Balaban J connectivity index is 0.00000240. The van der Waals surface area contributed by atoms with Crippen LogP contribution in [0.5, 0.6) is 11.5 Å². The van der Waals surface area contributed by atoms with Gasteiger partial charge >= 0.3 is 0 Å². The van der Waals surface area contributed by atoms with Crippen molar-refractivity contribution in [3.8, 4) is 11.5 Å². The van der Waals surface area contributed by atoms with Gasteiger partial charge in [-0.1, -0.05) is 0 Å². The fourth-order valence-corrected chi connectivity index (χ4v) is 4.80. The first kappa shape index (κ1) is 21.7. The molecule has 1 aromatic carbocycles. The number of hydrogen-bond acceptors (Lipinski definition) is 5. The van der Waals surface area contributed by atoms with Gasteiger partial charge in [0, 0.05) is 38.7 Å². The lowest BCUT2D eigenvalue weighted by molar-refractivity contribution is -0.137. The Morgan fingerprint density at radius 2 is 1.93 bits per heavy atom. The maximum absolute atomic E-state index is 13.1. The molecule has 1 spiro atoms. The second-order valence-corrected chi connectivity index (χ2v) is 8.20. The Kier molecular flexibility index (Phi) is 6.58. The molecule has 0 saturated carbocycles. The van der Waals surface area contributed by atoms with Crippen LogP contribution in [0.15, 0.2) is 18.2 Å². The first-order chi connectivity index (χ1) is 13.5. The highest BCUT2D eigenvalue weighted by Gasteiger charge is 2.42. The molecule has 4 rings (SSSR count). The molecule has 7 nitrogen and oxygen atoms in total. The largest absolute Gasteiger partial charge is 0.497 e. The molecule has 1 aromatic rings. The van der Waals surface area contributed by atoms with Crippen LogP contribution in [0.3, 0.4) is 0 Å². The molecule has 3 heterocycles. The van der Waals surface area contributed by atoms with Gasteiger partial charge in [-0.25, -0.2) is 0 Å². The summed E-state index contributed by atoms with van der Waals surface area (Å²) in [6.07, 6.45) is 3.59. The van der Waals surface area contributed by atoms with E-state index in [0.717, 1.165) is 39.0 Å². The molecule has 160 valence electrons.